The molecule has 1 aliphatic rings. The number of piperazine rings is 1. The van der Waals surface area contributed by atoms with Gasteiger partial charge in [0.05, 0.1) is 11.0 Å². The van der Waals surface area contributed by atoms with Crippen LogP contribution in [0, 0.1) is 6.92 Å². The fourth-order valence-electron chi connectivity index (χ4n) is 2.53. The molecule has 1 atom stereocenters. The molecule has 1 fully saturated rings. The Labute approximate surface area is 141 Å². The van der Waals surface area contributed by atoms with E-state index >= 15 is 0 Å². The quantitative estimate of drug-likeness (QED) is 0.832. The molecular weight excluding hydrogens is 368 g/mol. The lowest BCUT2D eigenvalue weighted by Gasteiger charge is -2.34. The molecule has 0 spiro atoms. The van der Waals surface area contributed by atoms with E-state index in [0.29, 0.717) is 42.1 Å². The summed E-state index contributed by atoms with van der Waals surface area (Å²) in [6.45, 7) is 6.70. The van der Waals surface area contributed by atoms with E-state index in [2.05, 4.69) is 20.8 Å². The summed E-state index contributed by atoms with van der Waals surface area (Å²) in [6, 6.07) is 5.29. The van der Waals surface area contributed by atoms with E-state index in [-0.39, 0.29) is 6.10 Å². The summed E-state index contributed by atoms with van der Waals surface area (Å²) in [5.74, 6) is 0. The van der Waals surface area contributed by atoms with Crippen LogP contribution in [0.25, 0.3) is 0 Å². The van der Waals surface area contributed by atoms with E-state index in [0.717, 1.165) is 12.0 Å². The number of nitrogens with zero attached hydrogens (tertiary/aromatic N) is 2. The van der Waals surface area contributed by atoms with E-state index in [9.17, 15) is 13.5 Å². The Balaban J connectivity index is 2.06. The van der Waals surface area contributed by atoms with Crippen LogP contribution >= 0.6 is 15.9 Å². The van der Waals surface area contributed by atoms with Gasteiger partial charge in [0, 0.05) is 37.2 Å². The number of hydrogen-bond acceptors (Lipinski definition) is 4. The summed E-state index contributed by atoms with van der Waals surface area (Å²) in [6.07, 6.45) is 0.379. The molecule has 1 heterocycles. The highest BCUT2D eigenvalue weighted by atomic mass is 79.9. The third kappa shape index (κ3) is 4.08. The largest absolute Gasteiger partial charge is 0.392 e. The first-order valence-corrected chi connectivity index (χ1v) is 9.74. The van der Waals surface area contributed by atoms with Gasteiger partial charge < -0.3 is 5.11 Å². The van der Waals surface area contributed by atoms with Crippen molar-refractivity contribution in [1.29, 1.82) is 0 Å². The minimum absolute atomic E-state index is 0.320. The zero-order valence-corrected chi connectivity index (χ0v) is 15.4. The molecule has 0 amide bonds. The first-order chi connectivity index (χ1) is 10.3. The van der Waals surface area contributed by atoms with Gasteiger partial charge in [-0.2, -0.15) is 4.31 Å². The third-order valence-corrected chi connectivity index (χ3v) is 6.85. The smallest absolute Gasteiger partial charge is 0.244 e. The summed E-state index contributed by atoms with van der Waals surface area (Å²) in [7, 11) is -3.47. The molecule has 22 heavy (non-hydrogen) atoms. The molecule has 0 unspecified atom stereocenters. The van der Waals surface area contributed by atoms with Crippen LogP contribution in [0.3, 0.4) is 0 Å². The molecular formula is C15H23BrN2O3S. The third-order valence-electron chi connectivity index (χ3n) is 3.98. The van der Waals surface area contributed by atoms with Gasteiger partial charge in [-0.25, -0.2) is 8.42 Å². The zero-order chi connectivity index (χ0) is 16.3. The van der Waals surface area contributed by atoms with Gasteiger partial charge in [-0.3, -0.25) is 4.90 Å². The Bertz CT molecular complexity index is 613. The molecule has 2 rings (SSSR count). The van der Waals surface area contributed by atoms with Gasteiger partial charge in [-0.1, -0.05) is 13.0 Å². The molecule has 0 bridgehead atoms. The molecule has 0 aromatic heterocycles. The van der Waals surface area contributed by atoms with Crippen molar-refractivity contribution in [3.63, 3.8) is 0 Å². The highest BCUT2D eigenvalue weighted by Crippen LogP contribution is 2.26. The normalized spacial score (nSPS) is 19.3. The second kappa shape index (κ2) is 7.40. The van der Waals surface area contributed by atoms with Crippen molar-refractivity contribution in [2.45, 2.75) is 31.3 Å². The first kappa shape index (κ1) is 17.9. The second-order valence-corrected chi connectivity index (χ2v) is 8.46. The Kier molecular flexibility index (Phi) is 6.01. The minimum atomic E-state index is -3.47. The molecule has 7 heteroatoms. The van der Waals surface area contributed by atoms with Crippen molar-refractivity contribution in [3.8, 4) is 0 Å². The van der Waals surface area contributed by atoms with E-state index in [1.807, 2.05) is 26.0 Å². The van der Waals surface area contributed by atoms with Crippen LogP contribution in [0.4, 0.5) is 0 Å². The maximum absolute atomic E-state index is 12.7. The second-order valence-electron chi connectivity index (χ2n) is 5.70. The van der Waals surface area contributed by atoms with E-state index in [1.54, 1.807) is 6.07 Å². The number of hydrogen-bond donors (Lipinski definition) is 1. The van der Waals surface area contributed by atoms with Crippen LogP contribution in [-0.2, 0) is 10.0 Å². The summed E-state index contributed by atoms with van der Waals surface area (Å²) < 4.78 is 27.6. The van der Waals surface area contributed by atoms with Crippen molar-refractivity contribution in [2.24, 2.45) is 0 Å². The fourth-order valence-corrected chi connectivity index (χ4v) is 5.11. The highest BCUT2D eigenvalue weighted by Gasteiger charge is 2.30. The summed E-state index contributed by atoms with van der Waals surface area (Å²) in [5, 5.41) is 9.70. The molecule has 1 saturated heterocycles. The number of aliphatic hydroxyl groups excluding tert-OH is 1. The molecule has 1 aromatic carbocycles. The Morgan fingerprint density at radius 2 is 1.91 bits per heavy atom. The Hall–Kier alpha value is -0.470. The number of aliphatic hydroxyl groups is 1. The maximum atomic E-state index is 12.7. The topological polar surface area (TPSA) is 60.9 Å². The number of sulfonamides is 1. The van der Waals surface area contributed by atoms with Crippen molar-refractivity contribution >= 4 is 26.0 Å². The molecule has 1 aromatic rings. The molecule has 0 aliphatic carbocycles. The summed E-state index contributed by atoms with van der Waals surface area (Å²) in [5.41, 5.74) is 1.02. The number of rotatable bonds is 5. The predicted octanol–water partition coefficient (Wildman–Crippen LogP) is 1.83. The molecule has 1 aliphatic heterocycles. The Morgan fingerprint density at radius 3 is 2.45 bits per heavy atom. The number of halogens is 1. The van der Waals surface area contributed by atoms with Gasteiger partial charge in [0.15, 0.2) is 0 Å². The van der Waals surface area contributed by atoms with Crippen molar-refractivity contribution in [2.75, 3.05) is 32.7 Å². The van der Waals surface area contributed by atoms with Crippen LogP contribution in [0.5, 0.6) is 0 Å². The van der Waals surface area contributed by atoms with Crippen LogP contribution in [-0.4, -0.2) is 61.6 Å². The van der Waals surface area contributed by atoms with Crippen molar-refractivity contribution in [3.05, 3.63) is 28.2 Å². The maximum Gasteiger partial charge on any atom is 0.244 e. The van der Waals surface area contributed by atoms with Crippen LogP contribution < -0.4 is 0 Å². The zero-order valence-electron chi connectivity index (χ0n) is 13.0. The summed E-state index contributed by atoms with van der Waals surface area (Å²) in [4.78, 5) is 2.44. The predicted molar refractivity (Wildman–Crippen MR) is 90.4 cm³/mol. The fraction of sp³-hybridized carbons (Fsp3) is 0.600. The monoisotopic (exact) mass is 390 g/mol. The highest BCUT2D eigenvalue weighted by molar-refractivity contribution is 9.10. The van der Waals surface area contributed by atoms with Gasteiger partial charge in [-0.05, 0) is 47.0 Å². The van der Waals surface area contributed by atoms with E-state index in [1.165, 1.54) is 4.31 Å². The number of benzene rings is 1. The van der Waals surface area contributed by atoms with Crippen LogP contribution in [0.2, 0.25) is 0 Å². The van der Waals surface area contributed by atoms with Gasteiger partial charge in [0.2, 0.25) is 10.0 Å². The Morgan fingerprint density at radius 1 is 1.27 bits per heavy atom. The molecule has 0 saturated carbocycles. The lowest BCUT2D eigenvalue weighted by Crippen LogP contribution is -2.50. The van der Waals surface area contributed by atoms with Gasteiger partial charge >= 0.3 is 0 Å². The van der Waals surface area contributed by atoms with Crippen molar-refractivity contribution < 1.29 is 13.5 Å². The van der Waals surface area contributed by atoms with Crippen LogP contribution in [0.15, 0.2) is 27.6 Å². The average molecular weight is 391 g/mol. The van der Waals surface area contributed by atoms with E-state index in [4.69, 9.17) is 0 Å². The standard InChI is InChI=1S/C15H23BrN2O3S/c1-3-13(19)11-17-6-8-18(9-7-17)22(20,21)15-5-4-12(2)10-14(15)16/h4-5,10,13,19H,3,6-9,11H2,1-2H3/t13-/m0/s1. The lowest BCUT2D eigenvalue weighted by molar-refractivity contribution is 0.0896. The number of β-amino-alcohol motifs (C(OH)–C–C–N with tert-alkyl or cyclic N) is 1. The average Bonchev–Trinajstić information content (AvgIpc) is 2.47. The first-order valence-electron chi connectivity index (χ1n) is 7.51. The minimum Gasteiger partial charge on any atom is -0.392 e. The molecule has 124 valence electrons. The van der Waals surface area contributed by atoms with Gasteiger partial charge in [-0.15, -0.1) is 0 Å². The van der Waals surface area contributed by atoms with Gasteiger partial charge in [0.1, 0.15) is 0 Å². The SMILES string of the molecule is CC[C@H](O)CN1CCN(S(=O)(=O)c2ccc(C)cc2Br)CC1. The molecule has 0 radical (unpaired) electrons. The molecule has 1 N–H and O–H groups in total. The van der Waals surface area contributed by atoms with Crippen LogP contribution in [0.1, 0.15) is 18.9 Å². The van der Waals surface area contributed by atoms with E-state index < -0.39 is 10.0 Å². The lowest BCUT2D eigenvalue weighted by atomic mass is 10.2. The van der Waals surface area contributed by atoms with Crippen molar-refractivity contribution in [1.82, 2.24) is 9.21 Å². The molecule has 5 nitrogen and oxygen atoms in total. The van der Waals surface area contributed by atoms with Gasteiger partial charge in [0.25, 0.3) is 0 Å². The summed E-state index contributed by atoms with van der Waals surface area (Å²) >= 11 is 3.35. The number of aryl methyl sites for hydroxylation is 1.